The predicted molar refractivity (Wildman–Crippen MR) is 94.0 cm³/mol. The van der Waals surface area contributed by atoms with E-state index in [0.717, 1.165) is 30.8 Å². The fourth-order valence-corrected chi connectivity index (χ4v) is 2.86. The van der Waals surface area contributed by atoms with E-state index in [1.807, 2.05) is 18.2 Å². The molecule has 4 N–H and O–H groups in total. The summed E-state index contributed by atoms with van der Waals surface area (Å²) in [6, 6.07) is 9.80. The third-order valence-electron chi connectivity index (χ3n) is 3.51. The molecule has 0 saturated carbocycles. The zero-order valence-corrected chi connectivity index (χ0v) is 14.1. The van der Waals surface area contributed by atoms with Crippen LogP contribution in [-0.4, -0.2) is 41.2 Å². The van der Waals surface area contributed by atoms with Crippen molar-refractivity contribution in [3.63, 3.8) is 0 Å². The molecule has 0 aromatic heterocycles. The Labute approximate surface area is 137 Å². The van der Waals surface area contributed by atoms with Gasteiger partial charge in [0.2, 0.25) is 5.91 Å². The van der Waals surface area contributed by atoms with Gasteiger partial charge in [-0.25, -0.2) is 0 Å². The quantitative estimate of drug-likeness (QED) is 0.544. The van der Waals surface area contributed by atoms with Crippen molar-refractivity contribution in [3.05, 3.63) is 35.9 Å². The van der Waals surface area contributed by atoms with Crippen LogP contribution in [0, 0.1) is 0 Å². The summed E-state index contributed by atoms with van der Waals surface area (Å²) >= 11 is 1.77. The van der Waals surface area contributed by atoms with Crippen LogP contribution in [0.1, 0.15) is 31.7 Å². The summed E-state index contributed by atoms with van der Waals surface area (Å²) in [7, 11) is 0. The van der Waals surface area contributed by atoms with Gasteiger partial charge in [-0.05, 0) is 42.8 Å². The van der Waals surface area contributed by atoms with E-state index >= 15 is 0 Å². The highest BCUT2D eigenvalue weighted by atomic mass is 32.2. The summed E-state index contributed by atoms with van der Waals surface area (Å²) in [5.41, 5.74) is 7.15. The Hall–Kier alpha value is -1.04. The summed E-state index contributed by atoms with van der Waals surface area (Å²) in [4.78, 5) is 11.8. The average molecular weight is 324 g/mol. The molecule has 4 nitrogen and oxygen atoms in total. The number of carbonyl (C=O) groups excluding carboxylic acids is 1. The lowest BCUT2D eigenvalue weighted by Crippen LogP contribution is -2.46. The normalized spacial score (nSPS) is 13.6. The van der Waals surface area contributed by atoms with Gasteiger partial charge < -0.3 is 16.2 Å². The number of aliphatic hydroxyl groups is 1. The Morgan fingerprint density at radius 1 is 1.32 bits per heavy atom. The number of hydrogen-bond acceptors (Lipinski definition) is 4. The van der Waals surface area contributed by atoms with Crippen LogP contribution in [-0.2, 0) is 11.2 Å². The van der Waals surface area contributed by atoms with Crippen molar-refractivity contribution in [2.45, 2.75) is 44.8 Å². The summed E-state index contributed by atoms with van der Waals surface area (Å²) in [5, 5.41) is 12.6. The largest absolute Gasteiger partial charge is 0.382 e. The Morgan fingerprint density at radius 2 is 2.05 bits per heavy atom. The molecule has 0 aliphatic rings. The maximum atomic E-state index is 11.8. The lowest BCUT2D eigenvalue weighted by atomic mass is 10.1. The van der Waals surface area contributed by atoms with Gasteiger partial charge in [0.05, 0.1) is 0 Å². The Morgan fingerprint density at radius 3 is 2.73 bits per heavy atom. The van der Waals surface area contributed by atoms with E-state index in [0.29, 0.717) is 13.0 Å². The minimum atomic E-state index is -1.11. The first-order chi connectivity index (χ1) is 10.6. The van der Waals surface area contributed by atoms with Crippen molar-refractivity contribution in [3.8, 4) is 0 Å². The summed E-state index contributed by atoms with van der Waals surface area (Å²) < 4.78 is 0. The van der Waals surface area contributed by atoms with Crippen molar-refractivity contribution in [1.82, 2.24) is 5.32 Å². The molecule has 1 aromatic rings. The zero-order chi connectivity index (χ0) is 16.2. The number of aryl methyl sites for hydroxylation is 1. The smallest absolute Gasteiger partial charge is 0.250 e. The number of amides is 1. The fourth-order valence-electron chi connectivity index (χ4n) is 2.13. The number of carbonyl (C=O) groups is 1. The molecular formula is C17H28N2O2S. The van der Waals surface area contributed by atoms with Crippen molar-refractivity contribution in [2.24, 2.45) is 5.73 Å². The highest BCUT2D eigenvalue weighted by Crippen LogP contribution is 2.06. The zero-order valence-electron chi connectivity index (χ0n) is 13.3. The van der Waals surface area contributed by atoms with Gasteiger partial charge in [-0.1, -0.05) is 37.3 Å². The van der Waals surface area contributed by atoms with E-state index < -0.39 is 12.1 Å². The third kappa shape index (κ3) is 7.82. The molecule has 22 heavy (non-hydrogen) atoms. The van der Waals surface area contributed by atoms with Crippen LogP contribution in [0.5, 0.6) is 0 Å². The predicted octanol–water partition coefficient (Wildman–Crippen LogP) is 1.96. The number of benzene rings is 1. The average Bonchev–Trinajstić information content (AvgIpc) is 2.54. The minimum absolute atomic E-state index is 0.353. The minimum Gasteiger partial charge on any atom is -0.382 e. The third-order valence-corrected chi connectivity index (χ3v) is 4.44. The van der Waals surface area contributed by atoms with Gasteiger partial charge in [-0.15, -0.1) is 0 Å². The molecule has 1 amide bonds. The first-order valence-corrected chi connectivity index (χ1v) is 9.13. The molecule has 2 atom stereocenters. The monoisotopic (exact) mass is 324 g/mol. The molecule has 0 spiro atoms. The molecule has 1 aromatic carbocycles. The maximum absolute atomic E-state index is 11.8. The fraction of sp³-hybridized carbons (Fsp3) is 0.588. The van der Waals surface area contributed by atoms with Crippen LogP contribution >= 0.6 is 11.8 Å². The highest BCUT2D eigenvalue weighted by molar-refractivity contribution is 7.99. The molecule has 2 unspecified atom stereocenters. The number of nitrogens with one attached hydrogen (secondary N) is 1. The SMILES string of the molecule is CCSCCC(N)C(O)C(=O)NCCCCc1ccccc1. The van der Waals surface area contributed by atoms with E-state index in [9.17, 15) is 9.90 Å². The maximum Gasteiger partial charge on any atom is 0.250 e. The van der Waals surface area contributed by atoms with Gasteiger partial charge in [0, 0.05) is 12.6 Å². The van der Waals surface area contributed by atoms with Crippen LogP contribution in [0.2, 0.25) is 0 Å². The number of unbranched alkanes of at least 4 members (excludes halogenated alkanes) is 1. The second kappa shape index (κ2) is 11.5. The van der Waals surface area contributed by atoms with Crippen LogP contribution in [0.3, 0.4) is 0 Å². The first kappa shape index (κ1) is 19.0. The van der Waals surface area contributed by atoms with E-state index in [1.54, 1.807) is 11.8 Å². The number of nitrogens with two attached hydrogens (primary N) is 1. The van der Waals surface area contributed by atoms with Gasteiger partial charge in [-0.2, -0.15) is 11.8 Å². The van der Waals surface area contributed by atoms with Crippen LogP contribution < -0.4 is 11.1 Å². The van der Waals surface area contributed by atoms with Crippen LogP contribution in [0.15, 0.2) is 30.3 Å². The van der Waals surface area contributed by atoms with Gasteiger partial charge in [-0.3, -0.25) is 4.79 Å². The Balaban J connectivity index is 2.11. The van der Waals surface area contributed by atoms with Crippen molar-refractivity contribution >= 4 is 17.7 Å². The molecule has 5 heteroatoms. The topological polar surface area (TPSA) is 75.3 Å². The molecule has 0 aliphatic carbocycles. The molecule has 0 bridgehead atoms. The van der Waals surface area contributed by atoms with Gasteiger partial charge >= 0.3 is 0 Å². The van der Waals surface area contributed by atoms with Gasteiger partial charge in [0.25, 0.3) is 0 Å². The van der Waals surface area contributed by atoms with E-state index in [2.05, 4.69) is 24.4 Å². The summed E-state index contributed by atoms with van der Waals surface area (Å²) in [6.07, 6.45) is 2.47. The molecule has 0 aliphatic heterocycles. The van der Waals surface area contributed by atoms with Crippen molar-refractivity contribution in [2.75, 3.05) is 18.1 Å². The standard InChI is InChI=1S/C17H28N2O2S/c1-2-22-13-11-15(18)16(20)17(21)19-12-7-6-10-14-8-4-3-5-9-14/h3-5,8-9,15-16,20H,2,6-7,10-13,18H2,1H3,(H,19,21). The molecule has 124 valence electrons. The number of aliphatic hydroxyl groups excluding tert-OH is 1. The Bertz CT molecular complexity index is 414. The molecular weight excluding hydrogens is 296 g/mol. The second-order valence-electron chi connectivity index (χ2n) is 5.33. The van der Waals surface area contributed by atoms with E-state index in [1.165, 1.54) is 5.56 Å². The summed E-state index contributed by atoms with van der Waals surface area (Å²) in [6.45, 7) is 2.66. The van der Waals surface area contributed by atoms with Crippen LogP contribution in [0.25, 0.3) is 0 Å². The number of thioether (sulfide) groups is 1. The molecule has 1 rings (SSSR count). The van der Waals surface area contributed by atoms with Crippen molar-refractivity contribution in [1.29, 1.82) is 0 Å². The van der Waals surface area contributed by atoms with E-state index in [-0.39, 0.29) is 5.91 Å². The van der Waals surface area contributed by atoms with E-state index in [4.69, 9.17) is 5.73 Å². The van der Waals surface area contributed by atoms with Crippen LogP contribution in [0.4, 0.5) is 0 Å². The number of hydrogen-bond donors (Lipinski definition) is 3. The number of rotatable bonds is 11. The molecule has 0 heterocycles. The molecule has 0 radical (unpaired) electrons. The molecule has 0 saturated heterocycles. The Kier molecular flexibility index (Phi) is 9.95. The lowest BCUT2D eigenvalue weighted by Gasteiger charge is -2.18. The molecule has 0 fully saturated rings. The highest BCUT2D eigenvalue weighted by Gasteiger charge is 2.21. The second-order valence-corrected chi connectivity index (χ2v) is 6.72. The van der Waals surface area contributed by atoms with Gasteiger partial charge in [0.1, 0.15) is 6.10 Å². The first-order valence-electron chi connectivity index (χ1n) is 7.98. The summed E-state index contributed by atoms with van der Waals surface area (Å²) in [5.74, 6) is 1.55. The lowest BCUT2D eigenvalue weighted by molar-refractivity contribution is -0.130. The van der Waals surface area contributed by atoms with Crippen molar-refractivity contribution < 1.29 is 9.90 Å². The van der Waals surface area contributed by atoms with Gasteiger partial charge in [0.15, 0.2) is 0 Å².